The quantitative estimate of drug-likeness (QED) is 0.623. The molecule has 0 spiro atoms. The Morgan fingerprint density at radius 2 is 1.77 bits per heavy atom. The molecule has 1 fully saturated rings. The van der Waals surface area contributed by atoms with Gasteiger partial charge in [-0.15, -0.1) is 0 Å². The van der Waals surface area contributed by atoms with Gasteiger partial charge in [0.1, 0.15) is 17.4 Å². The van der Waals surface area contributed by atoms with E-state index in [4.69, 9.17) is 0 Å². The average Bonchev–Trinajstić information content (AvgIpc) is 2.77. The normalized spacial score (nSPS) is 36.0. The van der Waals surface area contributed by atoms with Crippen LogP contribution in [0.5, 0.6) is 0 Å². The standard InChI is InChI=1S/C24H30N2O4/c1-23(16-10-4-3-9-15(16)20(27)24(2,30)22(23)29)17-11-5-6-12-18(17)26-21(28)19-13-7-8-14-25-19/h3-4,7-10,13-14,17-18,20,22,27,29-30H,5-6,11-12H2,1-2H3,(H,26,28)/t17-,18-,20-,22-,23+,24-/m1/s1. The monoisotopic (exact) mass is 410 g/mol. The molecule has 4 rings (SSSR count). The minimum atomic E-state index is -1.70. The highest BCUT2D eigenvalue weighted by Gasteiger charge is 2.59. The van der Waals surface area contributed by atoms with E-state index in [0.717, 1.165) is 31.2 Å². The van der Waals surface area contributed by atoms with Gasteiger partial charge in [0.2, 0.25) is 0 Å². The number of carbonyl (C=O) groups is 1. The van der Waals surface area contributed by atoms with E-state index in [0.29, 0.717) is 11.3 Å². The molecule has 1 saturated carbocycles. The number of aromatic nitrogens is 1. The largest absolute Gasteiger partial charge is 0.389 e. The van der Waals surface area contributed by atoms with Crippen LogP contribution in [0.4, 0.5) is 0 Å². The summed E-state index contributed by atoms with van der Waals surface area (Å²) in [5.41, 5.74) is -0.701. The highest BCUT2D eigenvalue weighted by molar-refractivity contribution is 5.92. The number of aliphatic hydroxyl groups is 3. The molecule has 0 radical (unpaired) electrons. The number of aliphatic hydroxyl groups excluding tert-OH is 2. The zero-order chi connectivity index (χ0) is 21.5. The molecule has 0 aliphatic heterocycles. The van der Waals surface area contributed by atoms with Crippen molar-refractivity contribution in [3.8, 4) is 0 Å². The second-order valence-electron chi connectivity index (χ2n) is 9.09. The summed E-state index contributed by atoms with van der Waals surface area (Å²) in [4.78, 5) is 17.0. The van der Waals surface area contributed by atoms with Gasteiger partial charge in [-0.2, -0.15) is 0 Å². The van der Waals surface area contributed by atoms with Crippen molar-refractivity contribution in [3.05, 3.63) is 65.5 Å². The minimum Gasteiger partial charge on any atom is -0.389 e. The van der Waals surface area contributed by atoms with Gasteiger partial charge in [-0.3, -0.25) is 9.78 Å². The minimum absolute atomic E-state index is 0.103. The Morgan fingerprint density at radius 1 is 1.07 bits per heavy atom. The molecule has 2 aliphatic carbocycles. The fraction of sp³-hybridized carbons (Fsp3) is 0.500. The zero-order valence-corrected chi connectivity index (χ0v) is 17.5. The Kier molecular flexibility index (Phi) is 5.43. The lowest BCUT2D eigenvalue weighted by Gasteiger charge is -2.55. The van der Waals surface area contributed by atoms with Crippen molar-refractivity contribution in [1.82, 2.24) is 10.3 Å². The number of nitrogens with zero attached hydrogens (tertiary/aromatic N) is 1. The summed E-state index contributed by atoms with van der Waals surface area (Å²) < 4.78 is 0. The van der Waals surface area contributed by atoms with E-state index in [9.17, 15) is 20.1 Å². The molecular formula is C24H30N2O4. The Bertz CT molecular complexity index is 916. The lowest BCUT2D eigenvalue weighted by Crippen LogP contribution is -2.64. The third-order valence-electron chi connectivity index (χ3n) is 7.26. The van der Waals surface area contributed by atoms with Gasteiger partial charge in [-0.05, 0) is 48.9 Å². The summed E-state index contributed by atoms with van der Waals surface area (Å²) in [5, 5.41) is 36.3. The molecule has 6 heteroatoms. The highest BCUT2D eigenvalue weighted by Crippen LogP contribution is 2.53. The topological polar surface area (TPSA) is 103 Å². The lowest BCUT2D eigenvalue weighted by molar-refractivity contribution is -0.181. The molecule has 1 aromatic heterocycles. The van der Waals surface area contributed by atoms with E-state index in [2.05, 4.69) is 10.3 Å². The first-order valence-corrected chi connectivity index (χ1v) is 10.7. The van der Waals surface area contributed by atoms with Crippen LogP contribution < -0.4 is 5.32 Å². The van der Waals surface area contributed by atoms with E-state index in [-0.39, 0.29) is 17.9 Å². The fourth-order valence-corrected chi connectivity index (χ4v) is 5.61. The molecule has 2 aromatic rings. The van der Waals surface area contributed by atoms with Crippen LogP contribution in [0.1, 0.15) is 67.3 Å². The molecule has 6 atom stereocenters. The molecule has 160 valence electrons. The Hall–Kier alpha value is -2.28. The summed E-state index contributed by atoms with van der Waals surface area (Å²) in [6.45, 7) is 3.44. The Labute approximate surface area is 177 Å². The van der Waals surface area contributed by atoms with Gasteiger partial charge in [0.25, 0.3) is 5.91 Å². The number of benzene rings is 1. The second-order valence-corrected chi connectivity index (χ2v) is 9.09. The Balaban J connectivity index is 1.74. The fourth-order valence-electron chi connectivity index (χ4n) is 5.61. The first-order valence-electron chi connectivity index (χ1n) is 10.7. The van der Waals surface area contributed by atoms with Crippen LogP contribution in [0, 0.1) is 5.92 Å². The van der Waals surface area contributed by atoms with Gasteiger partial charge >= 0.3 is 0 Å². The Morgan fingerprint density at radius 3 is 2.50 bits per heavy atom. The van der Waals surface area contributed by atoms with Crippen molar-refractivity contribution >= 4 is 5.91 Å². The van der Waals surface area contributed by atoms with Gasteiger partial charge in [-0.1, -0.05) is 50.1 Å². The summed E-state index contributed by atoms with van der Waals surface area (Å²) in [5.74, 6) is -0.337. The van der Waals surface area contributed by atoms with Crippen molar-refractivity contribution in [3.63, 3.8) is 0 Å². The van der Waals surface area contributed by atoms with Crippen molar-refractivity contribution in [2.75, 3.05) is 0 Å². The molecule has 30 heavy (non-hydrogen) atoms. The number of carbonyl (C=O) groups excluding carboxylic acids is 1. The van der Waals surface area contributed by atoms with Gasteiger partial charge in [-0.25, -0.2) is 0 Å². The molecule has 2 aliphatic rings. The number of hydrogen-bond acceptors (Lipinski definition) is 5. The first kappa shape index (κ1) is 21.0. The molecule has 0 unspecified atom stereocenters. The molecule has 1 amide bonds. The summed E-state index contributed by atoms with van der Waals surface area (Å²) >= 11 is 0. The molecule has 0 bridgehead atoms. The van der Waals surface area contributed by atoms with E-state index in [1.165, 1.54) is 6.92 Å². The molecular weight excluding hydrogens is 380 g/mol. The van der Waals surface area contributed by atoms with Crippen LogP contribution in [0.3, 0.4) is 0 Å². The summed E-state index contributed by atoms with van der Waals surface area (Å²) in [7, 11) is 0. The molecule has 0 saturated heterocycles. The van der Waals surface area contributed by atoms with E-state index < -0.39 is 23.2 Å². The predicted octanol–water partition coefficient (Wildman–Crippen LogP) is 2.49. The van der Waals surface area contributed by atoms with Crippen molar-refractivity contribution in [2.24, 2.45) is 5.92 Å². The number of pyridine rings is 1. The van der Waals surface area contributed by atoms with Crippen LogP contribution in [-0.4, -0.2) is 44.0 Å². The van der Waals surface area contributed by atoms with Crippen LogP contribution in [0.15, 0.2) is 48.7 Å². The number of amides is 1. The first-order chi connectivity index (χ1) is 14.3. The molecule has 1 heterocycles. The maximum atomic E-state index is 12.8. The molecule has 6 nitrogen and oxygen atoms in total. The smallest absolute Gasteiger partial charge is 0.270 e. The van der Waals surface area contributed by atoms with Crippen molar-refractivity contribution in [2.45, 2.75) is 68.8 Å². The number of nitrogens with one attached hydrogen (secondary N) is 1. The average molecular weight is 411 g/mol. The molecule has 1 aromatic carbocycles. The predicted molar refractivity (Wildman–Crippen MR) is 113 cm³/mol. The van der Waals surface area contributed by atoms with Crippen LogP contribution in [0.2, 0.25) is 0 Å². The van der Waals surface area contributed by atoms with Gasteiger partial charge < -0.3 is 20.6 Å². The second kappa shape index (κ2) is 7.76. The lowest BCUT2D eigenvalue weighted by atomic mass is 9.54. The number of rotatable bonds is 3. The van der Waals surface area contributed by atoms with E-state index in [1.807, 2.05) is 31.2 Å². The van der Waals surface area contributed by atoms with Crippen LogP contribution >= 0.6 is 0 Å². The van der Waals surface area contributed by atoms with E-state index in [1.54, 1.807) is 24.4 Å². The van der Waals surface area contributed by atoms with Crippen molar-refractivity contribution < 1.29 is 20.1 Å². The third kappa shape index (κ3) is 3.23. The maximum absolute atomic E-state index is 12.8. The maximum Gasteiger partial charge on any atom is 0.270 e. The summed E-state index contributed by atoms with van der Waals surface area (Å²) in [6.07, 6.45) is 2.79. The van der Waals surface area contributed by atoms with Crippen LogP contribution in [-0.2, 0) is 5.41 Å². The number of hydrogen-bond donors (Lipinski definition) is 4. The number of fused-ring (bicyclic) bond motifs is 1. The summed E-state index contributed by atoms with van der Waals surface area (Å²) in [6, 6.07) is 12.5. The van der Waals surface area contributed by atoms with E-state index >= 15 is 0 Å². The van der Waals surface area contributed by atoms with Crippen LogP contribution in [0.25, 0.3) is 0 Å². The van der Waals surface area contributed by atoms with Gasteiger partial charge in [0.15, 0.2) is 0 Å². The highest BCUT2D eigenvalue weighted by atomic mass is 16.4. The van der Waals surface area contributed by atoms with Gasteiger partial charge in [0.05, 0.1) is 6.10 Å². The third-order valence-corrected chi connectivity index (χ3v) is 7.26. The zero-order valence-electron chi connectivity index (χ0n) is 17.5. The SMILES string of the molecule is C[C@@]1(O)[C@H](O)c2ccccc2[C@@](C)([C@@H]2CCCC[C@H]2NC(=O)c2ccccn2)[C@H]1O. The molecule has 4 N–H and O–H groups in total. The van der Waals surface area contributed by atoms with Crippen molar-refractivity contribution in [1.29, 1.82) is 0 Å². The van der Waals surface area contributed by atoms with Gasteiger partial charge in [0, 0.05) is 17.7 Å².